The lowest BCUT2D eigenvalue weighted by Crippen LogP contribution is -2.41. The van der Waals surface area contributed by atoms with E-state index >= 15 is 0 Å². The maximum atomic E-state index is 5.17. The van der Waals surface area contributed by atoms with Crippen molar-refractivity contribution in [2.45, 2.75) is 39.2 Å². The van der Waals surface area contributed by atoms with Crippen molar-refractivity contribution in [2.24, 2.45) is 10.4 Å². The van der Waals surface area contributed by atoms with E-state index in [9.17, 15) is 0 Å². The van der Waals surface area contributed by atoms with Crippen molar-refractivity contribution in [3.8, 4) is 5.75 Å². The summed E-state index contributed by atoms with van der Waals surface area (Å²) in [5.74, 6) is 1.76. The highest BCUT2D eigenvalue weighted by Gasteiger charge is 2.28. The zero-order valence-electron chi connectivity index (χ0n) is 13.8. The molecule has 0 aromatic heterocycles. The lowest BCUT2D eigenvalue weighted by Gasteiger charge is -2.25. The van der Waals surface area contributed by atoms with Crippen LogP contribution in [0.4, 0.5) is 0 Å². The Kier molecular flexibility index (Phi) is 8.00. The molecule has 1 fully saturated rings. The van der Waals surface area contributed by atoms with Crippen LogP contribution in [-0.2, 0) is 6.54 Å². The van der Waals surface area contributed by atoms with Gasteiger partial charge >= 0.3 is 0 Å². The number of methoxy groups -OCH3 is 1. The number of guanidine groups is 1. The summed E-state index contributed by atoms with van der Waals surface area (Å²) in [5.41, 5.74) is 1.64. The van der Waals surface area contributed by atoms with Crippen LogP contribution in [0.25, 0.3) is 0 Å². The van der Waals surface area contributed by atoms with Gasteiger partial charge in [0.2, 0.25) is 0 Å². The lowest BCUT2D eigenvalue weighted by atomic mass is 9.89. The molecule has 124 valence electrons. The van der Waals surface area contributed by atoms with E-state index in [0.29, 0.717) is 5.41 Å². The number of nitrogens with one attached hydrogen (secondary N) is 2. The molecular weight excluding hydrogens is 389 g/mol. The van der Waals surface area contributed by atoms with Crippen LogP contribution in [0.3, 0.4) is 0 Å². The van der Waals surface area contributed by atoms with Crippen LogP contribution in [0.1, 0.15) is 38.2 Å². The number of aliphatic imine (C=N–C) groups is 1. The first kappa shape index (κ1) is 19.1. The molecule has 1 saturated carbocycles. The molecule has 0 unspecified atom stereocenters. The molecule has 0 saturated heterocycles. The van der Waals surface area contributed by atoms with Crippen LogP contribution in [-0.4, -0.2) is 26.7 Å². The summed E-state index contributed by atoms with van der Waals surface area (Å²) in [7, 11) is 3.50. The SMILES string of the molecule is CN=C(NCc1ccc(OC)cc1)NCC1(C)CCCC1.I. The summed E-state index contributed by atoms with van der Waals surface area (Å²) in [6.07, 6.45) is 5.34. The van der Waals surface area contributed by atoms with Gasteiger partial charge < -0.3 is 15.4 Å². The molecule has 1 aliphatic rings. The number of hydrogen-bond acceptors (Lipinski definition) is 2. The quantitative estimate of drug-likeness (QED) is 0.438. The van der Waals surface area contributed by atoms with Gasteiger partial charge in [0.05, 0.1) is 7.11 Å². The standard InChI is InChI=1S/C17H27N3O.HI/c1-17(10-4-5-11-17)13-20-16(18-2)19-12-14-6-8-15(21-3)9-7-14;/h6-9H,4-5,10-13H2,1-3H3,(H2,18,19,20);1H. The van der Waals surface area contributed by atoms with E-state index in [0.717, 1.165) is 24.8 Å². The van der Waals surface area contributed by atoms with Crippen LogP contribution < -0.4 is 15.4 Å². The van der Waals surface area contributed by atoms with Crippen molar-refractivity contribution in [3.05, 3.63) is 29.8 Å². The molecule has 0 aliphatic heterocycles. The van der Waals surface area contributed by atoms with Gasteiger partial charge in [-0.2, -0.15) is 0 Å². The normalized spacial score (nSPS) is 16.8. The van der Waals surface area contributed by atoms with Crippen molar-refractivity contribution < 1.29 is 4.74 Å². The second-order valence-corrected chi connectivity index (χ2v) is 6.15. The Morgan fingerprint density at radius 3 is 2.36 bits per heavy atom. The number of halogens is 1. The molecule has 0 spiro atoms. The first-order valence-electron chi connectivity index (χ1n) is 7.73. The zero-order valence-corrected chi connectivity index (χ0v) is 16.1. The summed E-state index contributed by atoms with van der Waals surface area (Å²) in [5, 5.41) is 6.82. The topological polar surface area (TPSA) is 45.7 Å². The third kappa shape index (κ3) is 5.66. The van der Waals surface area contributed by atoms with E-state index in [4.69, 9.17) is 4.74 Å². The van der Waals surface area contributed by atoms with Gasteiger partial charge in [0.15, 0.2) is 5.96 Å². The Morgan fingerprint density at radius 2 is 1.82 bits per heavy atom. The van der Waals surface area contributed by atoms with Crippen molar-refractivity contribution in [1.29, 1.82) is 0 Å². The van der Waals surface area contributed by atoms with Gasteiger partial charge in [0.25, 0.3) is 0 Å². The molecule has 2 N–H and O–H groups in total. The molecule has 0 bridgehead atoms. The molecular formula is C17H28IN3O. The minimum absolute atomic E-state index is 0. The van der Waals surface area contributed by atoms with Gasteiger partial charge in [-0.15, -0.1) is 24.0 Å². The second kappa shape index (κ2) is 9.22. The molecule has 5 heteroatoms. The Bertz CT molecular complexity index is 467. The van der Waals surface area contributed by atoms with E-state index < -0.39 is 0 Å². The Balaban J connectivity index is 0.00000242. The van der Waals surface area contributed by atoms with Crippen LogP contribution in [0.2, 0.25) is 0 Å². The van der Waals surface area contributed by atoms with E-state index in [1.807, 2.05) is 19.2 Å². The van der Waals surface area contributed by atoms with Crippen molar-refractivity contribution in [1.82, 2.24) is 10.6 Å². The average Bonchev–Trinajstić information content (AvgIpc) is 2.95. The molecule has 1 aromatic carbocycles. The fourth-order valence-corrected chi connectivity index (χ4v) is 2.85. The number of ether oxygens (including phenoxy) is 1. The van der Waals surface area contributed by atoms with Gasteiger partial charge in [-0.1, -0.05) is 31.9 Å². The van der Waals surface area contributed by atoms with Gasteiger partial charge in [-0.3, -0.25) is 4.99 Å². The highest BCUT2D eigenvalue weighted by atomic mass is 127. The zero-order chi connectivity index (χ0) is 15.1. The first-order valence-corrected chi connectivity index (χ1v) is 7.73. The Morgan fingerprint density at radius 1 is 1.18 bits per heavy atom. The van der Waals surface area contributed by atoms with Crippen molar-refractivity contribution in [2.75, 3.05) is 20.7 Å². The molecule has 1 aromatic rings. The molecule has 0 radical (unpaired) electrons. The van der Waals surface area contributed by atoms with Crippen LogP contribution >= 0.6 is 24.0 Å². The van der Waals surface area contributed by atoms with Gasteiger partial charge in [0, 0.05) is 20.1 Å². The van der Waals surface area contributed by atoms with Crippen molar-refractivity contribution >= 4 is 29.9 Å². The maximum absolute atomic E-state index is 5.17. The average molecular weight is 417 g/mol. The fraction of sp³-hybridized carbons (Fsp3) is 0.588. The third-order valence-electron chi connectivity index (χ3n) is 4.34. The Hall–Kier alpha value is -0.980. The van der Waals surface area contributed by atoms with Crippen LogP contribution in [0, 0.1) is 5.41 Å². The molecule has 2 rings (SSSR count). The predicted octanol–water partition coefficient (Wildman–Crippen LogP) is 3.56. The first-order chi connectivity index (χ1) is 10.1. The molecule has 1 aliphatic carbocycles. The van der Waals surface area contributed by atoms with Gasteiger partial charge in [-0.05, 0) is 36.0 Å². The van der Waals surface area contributed by atoms with Crippen molar-refractivity contribution in [3.63, 3.8) is 0 Å². The van der Waals surface area contributed by atoms with E-state index in [2.05, 4.69) is 34.7 Å². The summed E-state index contributed by atoms with van der Waals surface area (Å²) in [4.78, 5) is 4.30. The number of rotatable bonds is 5. The number of nitrogens with zero attached hydrogens (tertiary/aromatic N) is 1. The summed E-state index contributed by atoms with van der Waals surface area (Å²) < 4.78 is 5.17. The summed E-state index contributed by atoms with van der Waals surface area (Å²) in [6, 6.07) is 8.09. The predicted molar refractivity (Wildman–Crippen MR) is 103 cm³/mol. The minimum atomic E-state index is 0. The second-order valence-electron chi connectivity index (χ2n) is 6.15. The third-order valence-corrected chi connectivity index (χ3v) is 4.34. The molecule has 0 amide bonds. The molecule has 0 heterocycles. The summed E-state index contributed by atoms with van der Waals surface area (Å²) >= 11 is 0. The minimum Gasteiger partial charge on any atom is -0.497 e. The van der Waals surface area contributed by atoms with Gasteiger partial charge in [0.1, 0.15) is 5.75 Å². The van der Waals surface area contributed by atoms with Crippen LogP contribution in [0.5, 0.6) is 5.75 Å². The molecule has 22 heavy (non-hydrogen) atoms. The number of hydrogen-bond donors (Lipinski definition) is 2. The molecule has 0 atom stereocenters. The summed E-state index contributed by atoms with van der Waals surface area (Å²) in [6.45, 7) is 4.12. The maximum Gasteiger partial charge on any atom is 0.191 e. The number of benzene rings is 1. The monoisotopic (exact) mass is 417 g/mol. The lowest BCUT2D eigenvalue weighted by molar-refractivity contribution is 0.334. The fourth-order valence-electron chi connectivity index (χ4n) is 2.85. The van der Waals surface area contributed by atoms with Gasteiger partial charge in [-0.25, -0.2) is 0 Å². The van der Waals surface area contributed by atoms with E-state index in [1.165, 1.54) is 31.2 Å². The Labute approximate surface area is 151 Å². The smallest absolute Gasteiger partial charge is 0.191 e. The molecule has 4 nitrogen and oxygen atoms in total. The van der Waals surface area contributed by atoms with E-state index in [1.54, 1.807) is 7.11 Å². The highest BCUT2D eigenvalue weighted by Crippen LogP contribution is 2.36. The van der Waals surface area contributed by atoms with Crippen LogP contribution in [0.15, 0.2) is 29.3 Å². The van der Waals surface area contributed by atoms with E-state index in [-0.39, 0.29) is 24.0 Å². The highest BCUT2D eigenvalue weighted by molar-refractivity contribution is 14.0. The largest absolute Gasteiger partial charge is 0.497 e.